The number of fused-ring (bicyclic) bond motifs is 5. The summed E-state index contributed by atoms with van der Waals surface area (Å²) in [5, 5.41) is 0. The van der Waals surface area contributed by atoms with Gasteiger partial charge in [0.25, 0.3) is 0 Å². The van der Waals surface area contributed by atoms with E-state index in [0.29, 0.717) is 23.4 Å². The molecule has 0 saturated heterocycles. The van der Waals surface area contributed by atoms with Crippen molar-refractivity contribution in [3.05, 3.63) is 11.6 Å². The van der Waals surface area contributed by atoms with Gasteiger partial charge in [0.05, 0.1) is 6.61 Å². The molecule has 0 aromatic rings. The smallest absolute Gasteiger partial charge is 0.302 e. The van der Waals surface area contributed by atoms with E-state index in [1.54, 1.807) is 12.5 Å². The normalized spacial score (nSPS) is 39.9. The summed E-state index contributed by atoms with van der Waals surface area (Å²) in [6.45, 7) is 13.5. The second-order valence-electron chi connectivity index (χ2n) is 13.3. The molecular formula is C31H50O4. The lowest BCUT2D eigenvalue weighted by molar-refractivity contribution is -0.148. The minimum atomic E-state index is -0.165. The van der Waals surface area contributed by atoms with Crippen molar-refractivity contribution in [2.24, 2.45) is 46.3 Å². The van der Waals surface area contributed by atoms with Gasteiger partial charge in [0.2, 0.25) is 0 Å². The Kier molecular flexibility index (Phi) is 8.08. The van der Waals surface area contributed by atoms with Crippen molar-refractivity contribution >= 4 is 11.9 Å². The monoisotopic (exact) mass is 486 g/mol. The molecule has 0 radical (unpaired) electrons. The fraction of sp³-hybridized carbons (Fsp3) is 0.871. The Balaban J connectivity index is 1.37. The zero-order chi connectivity index (χ0) is 25.4. The maximum atomic E-state index is 11.5. The van der Waals surface area contributed by atoms with Crippen LogP contribution < -0.4 is 0 Å². The van der Waals surface area contributed by atoms with Crippen molar-refractivity contribution in [1.29, 1.82) is 0 Å². The standard InChI is InChI=1S/C31H50O4/c1-20(19-34-22(3)32)8-7-9-21(2)27-12-13-28-26-11-10-24-18-25(35-23(4)33)14-16-30(24,5)29(26)15-17-31(27,28)6/h10,20-21,25-29H,7-9,11-19H2,1-6H3/t20?,21-,25+,26+,27-,28+,29+,30+,31-/m1/s1. The molecule has 3 fully saturated rings. The molecule has 0 aromatic carbocycles. The van der Waals surface area contributed by atoms with Gasteiger partial charge in [-0.3, -0.25) is 9.59 Å². The molecule has 4 aliphatic carbocycles. The Morgan fingerprint density at radius 3 is 2.49 bits per heavy atom. The lowest BCUT2D eigenvalue weighted by Gasteiger charge is -2.58. The molecule has 9 atom stereocenters. The van der Waals surface area contributed by atoms with Gasteiger partial charge in [-0.2, -0.15) is 0 Å². The highest BCUT2D eigenvalue weighted by molar-refractivity contribution is 5.66. The maximum absolute atomic E-state index is 11.5. The van der Waals surface area contributed by atoms with Gasteiger partial charge in [0, 0.05) is 20.3 Å². The van der Waals surface area contributed by atoms with Gasteiger partial charge < -0.3 is 9.47 Å². The summed E-state index contributed by atoms with van der Waals surface area (Å²) in [7, 11) is 0. The van der Waals surface area contributed by atoms with E-state index in [9.17, 15) is 9.59 Å². The predicted octanol–water partition coefficient (Wildman–Crippen LogP) is 7.50. The molecule has 0 aromatic heterocycles. The number of allylic oxidation sites excluding steroid dienone is 1. The highest BCUT2D eigenvalue weighted by atomic mass is 16.5. The summed E-state index contributed by atoms with van der Waals surface area (Å²) in [5.41, 5.74) is 2.38. The number of carbonyl (C=O) groups excluding carboxylic acids is 2. The number of hydrogen-bond acceptors (Lipinski definition) is 4. The first-order valence-electron chi connectivity index (χ1n) is 14.5. The molecule has 4 rings (SSSR count). The highest BCUT2D eigenvalue weighted by Gasteiger charge is 2.59. The summed E-state index contributed by atoms with van der Waals surface area (Å²) in [5.74, 6) is 4.25. The average Bonchev–Trinajstić information content (AvgIpc) is 3.15. The topological polar surface area (TPSA) is 52.6 Å². The SMILES string of the molecule is CC(=O)OCC(C)CCC[C@@H](C)[C@H]1CC[C@H]2[C@@H]3CC=C4C[C@@H](OC(C)=O)CC[C@]4(C)[C@H]3CC[C@]12C. The van der Waals surface area contributed by atoms with Gasteiger partial charge in [0.1, 0.15) is 6.10 Å². The Morgan fingerprint density at radius 1 is 1.00 bits per heavy atom. The Labute approximate surface area is 214 Å². The molecule has 0 heterocycles. The third kappa shape index (κ3) is 5.37. The molecule has 1 unspecified atom stereocenters. The van der Waals surface area contributed by atoms with Crippen LogP contribution in [0, 0.1) is 46.3 Å². The van der Waals surface area contributed by atoms with Crippen LogP contribution in [0.15, 0.2) is 11.6 Å². The number of esters is 2. The third-order valence-corrected chi connectivity index (χ3v) is 11.1. The first kappa shape index (κ1) is 26.7. The molecule has 0 amide bonds. The molecule has 0 aliphatic heterocycles. The lowest BCUT2D eigenvalue weighted by atomic mass is 9.47. The second kappa shape index (κ2) is 10.6. The van der Waals surface area contributed by atoms with E-state index >= 15 is 0 Å². The van der Waals surface area contributed by atoms with Crippen LogP contribution in [0.2, 0.25) is 0 Å². The van der Waals surface area contributed by atoms with Gasteiger partial charge >= 0.3 is 11.9 Å². The van der Waals surface area contributed by atoms with Gasteiger partial charge in [-0.05, 0) is 97.7 Å². The van der Waals surface area contributed by atoms with Gasteiger partial charge in [-0.25, -0.2) is 0 Å². The van der Waals surface area contributed by atoms with Gasteiger partial charge in [0.15, 0.2) is 0 Å². The summed E-state index contributed by atoms with van der Waals surface area (Å²) in [6, 6.07) is 0. The molecule has 0 spiro atoms. The summed E-state index contributed by atoms with van der Waals surface area (Å²) >= 11 is 0. The molecule has 4 heteroatoms. The van der Waals surface area contributed by atoms with Crippen LogP contribution in [0.5, 0.6) is 0 Å². The molecule has 4 nitrogen and oxygen atoms in total. The number of ether oxygens (including phenoxy) is 2. The molecule has 4 aliphatic rings. The number of carbonyl (C=O) groups is 2. The summed E-state index contributed by atoms with van der Waals surface area (Å²) in [6.07, 6.45) is 16.3. The molecule has 3 saturated carbocycles. The van der Waals surface area contributed by atoms with E-state index in [1.807, 2.05) is 0 Å². The fourth-order valence-corrected chi connectivity index (χ4v) is 9.27. The molecule has 0 bridgehead atoms. The molecular weight excluding hydrogens is 436 g/mol. The van der Waals surface area contributed by atoms with Crippen molar-refractivity contribution in [3.63, 3.8) is 0 Å². The van der Waals surface area contributed by atoms with Crippen LogP contribution in [0.3, 0.4) is 0 Å². The van der Waals surface area contributed by atoms with Crippen molar-refractivity contribution in [3.8, 4) is 0 Å². The predicted molar refractivity (Wildman–Crippen MR) is 140 cm³/mol. The van der Waals surface area contributed by atoms with Crippen LogP contribution >= 0.6 is 0 Å². The van der Waals surface area contributed by atoms with Gasteiger partial charge in [-0.1, -0.05) is 52.2 Å². The first-order valence-corrected chi connectivity index (χ1v) is 14.5. The van der Waals surface area contributed by atoms with Crippen LogP contribution in [0.1, 0.15) is 112 Å². The fourth-order valence-electron chi connectivity index (χ4n) is 9.27. The zero-order valence-electron chi connectivity index (χ0n) is 23.2. The van der Waals surface area contributed by atoms with Crippen molar-refractivity contribution in [2.45, 2.75) is 118 Å². The van der Waals surface area contributed by atoms with E-state index in [1.165, 1.54) is 58.3 Å². The number of rotatable bonds is 8. The van der Waals surface area contributed by atoms with Crippen molar-refractivity contribution < 1.29 is 19.1 Å². The van der Waals surface area contributed by atoms with Crippen LogP contribution in [0.4, 0.5) is 0 Å². The second-order valence-corrected chi connectivity index (χ2v) is 13.3. The minimum absolute atomic E-state index is 0.0886. The minimum Gasteiger partial charge on any atom is -0.466 e. The number of hydrogen-bond donors (Lipinski definition) is 0. The van der Waals surface area contributed by atoms with E-state index in [0.717, 1.165) is 48.9 Å². The van der Waals surface area contributed by atoms with Crippen molar-refractivity contribution in [1.82, 2.24) is 0 Å². The third-order valence-electron chi connectivity index (χ3n) is 11.1. The Bertz CT molecular complexity index is 817. The van der Waals surface area contributed by atoms with Crippen LogP contribution in [0.25, 0.3) is 0 Å². The maximum Gasteiger partial charge on any atom is 0.302 e. The molecule has 35 heavy (non-hydrogen) atoms. The average molecular weight is 487 g/mol. The highest BCUT2D eigenvalue weighted by Crippen LogP contribution is 2.67. The van der Waals surface area contributed by atoms with E-state index < -0.39 is 0 Å². The largest absolute Gasteiger partial charge is 0.466 e. The van der Waals surface area contributed by atoms with E-state index in [4.69, 9.17) is 9.47 Å². The lowest BCUT2D eigenvalue weighted by Crippen LogP contribution is -2.51. The summed E-state index contributed by atoms with van der Waals surface area (Å²) < 4.78 is 10.8. The Morgan fingerprint density at radius 2 is 1.77 bits per heavy atom. The van der Waals surface area contributed by atoms with E-state index in [-0.39, 0.29) is 18.0 Å². The Hall–Kier alpha value is -1.32. The van der Waals surface area contributed by atoms with Crippen LogP contribution in [-0.4, -0.2) is 24.6 Å². The van der Waals surface area contributed by atoms with Gasteiger partial charge in [-0.15, -0.1) is 0 Å². The van der Waals surface area contributed by atoms with Crippen LogP contribution in [-0.2, 0) is 19.1 Å². The van der Waals surface area contributed by atoms with E-state index in [2.05, 4.69) is 33.8 Å². The summed E-state index contributed by atoms with van der Waals surface area (Å²) in [4.78, 5) is 22.6. The first-order chi connectivity index (χ1) is 16.5. The quantitative estimate of drug-likeness (QED) is 0.263. The van der Waals surface area contributed by atoms with Crippen molar-refractivity contribution in [2.75, 3.05) is 6.61 Å². The molecule has 0 N–H and O–H groups in total. The zero-order valence-corrected chi connectivity index (χ0v) is 23.2. The molecule has 198 valence electrons.